The molecule has 0 aliphatic carbocycles. The molecule has 0 spiro atoms. The highest BCUT2D eigenvalue weighted by Gasteiger charge is 2.49. The zero-order valence-corrected chi connectivity index (χ0v) is 15.3. The molecular formula is C19H17Cl2NO3. The summed E-state index contributed by atoms with van der Waals surface area (Å²) in [4.78, 5) is 25.0. The maximum atomic E-state index is 12.6. The van der Waals surface area contributed by atoms with Gasteiger partial charge in [0.05, 0.1) is 17.1 Å². The van der Waals surface area contributed by atoms with E-state index < -0.39 is 17.9 Å². The second kappa shape index (κ2) is 6.45. The van der Waals surface area contributed by atoms with Crippen molar-refractivity contribution < 1.29 is 14.7 Å². The van der Waals surface area contributed by atoms with Crippen LogP contribution in [0.1, 0.15) is 47.7 Å². The van der Waals surface area contributed by atoms with Crippen LogP contribution in [0.3, 0.4) is 0 Å². The smallest absolute Gasteiger partial charge is 0.261 e. The Balaban J connectivity index is 1.94. The van der Waals surface area contributed by atoms with Crippen LogP contribution in [0.4, 0.5) is 5.69 Å². The zero-order valence-electron chi connectivity index (χ0n) is 13.8. The molecule has 25 heavy (non-hydrogen) atoms. The van der Waals surface area contributed by atoms with Crippen molar-refractivity contribution in [1.82, 2.24) is 0 Å². The number of carbonyl (C=O) groups is 2. The van der Waals surface area contributed by atoms with Crippen LogP contribution in [0.25, 0.3) is 0 Å². The van der Waals surface area contributed by atoms with Gasteiger partial charge < -0.3 is 10.4 Å². The summed E-state index contributed by atoms with van der Waals surface area (Å²) in [5.41, 5.74) is -0.0970. The third-order valence-electron chi connectivity index (χ3n) is 4.45. The van der Waals surface area contributed by atoms with Crippen molar-refractivity contribution in [3.8, 4) is 0 Å². The Hall–Kier alpha value is -1.88. The van der Waals surface area contributed by atoms with Crippen molar-refractivity contribution in [2.24, 2.45) is 0 Å². The van der Waals surface area contributed by atoms with Gasteiger partial charge in [-0.25, -0.2) is 0 Å². The Labute approximate surface area is 155 Å². The molecule has 2 N–H and O–H groups in total. The molecule has 0 saturated heterocycles. The highest BCUT2D eigenvalue weighted by molar-refractivity contribution is 6.38. The van der Waals surface area contributed by atoms with Crippen molar-refractivity contribution in [1.29, 1.82) is 0 Å². The van der Waals surface area contributed by atoms with Crippen molar-refractivity contribution in [2.75, 3.05) is 5.32 Å². The first kappa shape index (κ1) is 17.9. The topological polar surface area (TPSA) is 66.4 Å². The van der Waals surface area contributed by atoms with Crippen LogP contribution >= 0.6 is 23.2 Å². The lowest BCUT2D eigenvalue weighted by Crippen LogP contribution is -2.36. The van der Waals surface area contributed by atoms with E-state index in [1.165, 1.54) is 12.1 Å². The van der Waals surface area contributed by atoms with Crippen molar-refractivity contribution in [2.45, 2.75) is 31.8 Å². The van der Waals surface area contributed by atoms with Gasteiger partial charge in [0, 0.05) is 16.1 Å². The fraction of sp³-hybridized carbons (Fsp3) is 0.263. The molecule has 4 nitrogen and oxygen atoms in total. The van der Waals surface area contributed by atoms with E-state index in [9.17, 15) is 14.7 Å². The third-order valence-corrected chi connectivity index (χ3v) is 5.08. The molecule has 1 atom stereocenters. The molecule has 0 aromatic heterocycles. The molecule has 1 amide bonds. The summed E-state index contributed by atoms with van der Waals surface area (Å²) in [6.45, 7) is 4.12. The maximum Gasteiger partial charge on any atom is 0.261 e. The number of carbonyl (C=O) groups excluding carboxylic acids is 2. The first-order valence-corrected chi connectivity index (χ1v) is 8.65. The summed E-state index contributed by atoms with van der Waals surface area (Å²) < 4.78 is 0. The first-order chi connectivity index (χ1) is 11.7. The van der Waals surface area contributed by atoms with E-state index >= 15 is 0 Å². The zero-order chi connectivity index (χ0) is 18.4. The van der Waals surface area contributed by atoms with Gasteiger partial charge in [0.2, 0.25) is 0 Å². The molecule has 0 bridgehead atoms. The first-order valence-electron chi connectivity index (χ1n) is 7.89. The molecule has 130 valence electrons. The molecular weight excluding hydrogens is 361 g/mol. The minimum atomic E-state index is -2.04. The van der Waals surface area contributed by atoms with Gasteiger partial charge in [-0.05, 0) is 23.6 Å². The lowest BCUT2D eigenvalue weighted by molar-refractivity contribution is -0.133. The van der Waals surface area contributed by atoms with Gasteiger partial charge in [-0.15, -0.1) is 0 Å². The van der Waals surface area contributed by atoms with Gasteiger partial charge in [-0.2, -0.15) is 0 Å². The monoisotopic (exact) mass is 377 g/mol. The highest BCUT2D eigenvalue weighted by Crippen LogP contribution is 2.46. The summed E-state index contributed by atoms with van der Waals surface area (Å²) in [6.07, 6.45) is -0.410. The molecule has 0 saturated carbocycles. The van der Waals surface area contributed by atoms with Crippen LogP contribution in [0, 0.1) is 0 Å². The Morgan fingerprint density at radius 1 is 1.12 bits per heavy atom. The number of benzene rings is 2. The summed E-state index contributed by atoms with van der Waals surface area (Å²) in [6, 6.07) is 10.2. The Bertz CT molecular complexity index is 862. The molecule has 1 aliphatic rings. The largest absolute Gasteiger partial charge is 0.375 e. The molecule has 1 heterocycles. The van der Waals surface area contributed by atoms with Gasteiger partial charge in [-0.3, -0.25) is 9.59 Å². The number of aliphatic hydroxyl groups is 1. The van der Waals surface area contributed by atoms with Crippen molar-refractivity contribution in [3.05, 3.63) is 63.1 Å². The molecule has 1 aliphatic heterocycles. The number of hydrogen-bond acceptors (Lipinski definition) is 3. The Morgan fingerprint density at radius 3 is 2.32 bits per heavy atom. The fourth-order valence-corrected chi connectivity index (χ4v) is 3.48. The molecule has 6 heteroatoms. The number of amides is 1. The van der Waals surface area contributed by atoms with Gasteiger partial charge in [0.1, 0.15) is 0 Å². The van der Waals surface area contributed by atoms with E-state index in [0.717, 1.165) is 5.56 Å². The molecule has 3 rings (SSSR count). The minimum Gasteiger partial charge on any atom is -0.375 e. The number of nitrogens with one attached hydrogen (secondary N) is 1. The van der Waals surface area contributed by atoms with Gasteiger partial charge >= 0.3 is 0 Å². The van der Waals surface area contributed by atoms with Crippen LogP contribution < -0.4 is 5.32 Å². The Kier molecular flexibility index (Phi) is 4.62. The fourth-order valence-electron chi connectivity index (χ4n) is 2.97. The van der Waals surface area contributed by atoms with E-state index in [4.69, 9.17) is 23.2 Å². The SMILES string of the molecule is CC(C)c1ccc(C(=O)CC2(O)C(=O)Nc3c(Cl)ccc(Cl)c32)cc1. The number of anilines is 1. The molecule has 0 fully saturated rings. The van der Waals surface area contributed by atoms with Crippen LogP contribution in [0.2, 0.25) is 10.0 Å². The van der Waals surface area contributed by atoms with Gasteiger partial charge in [0.15, 0.2) is 11.4 Å². The van der Waals surface area contributed by atoms with Crippen molar-refractivity contribution >= 4 is 40.6 Å². The van der Waals surface area contributed by atoms with Crippen LogP contribution in [0.5, 0.6) is 0 Å². The highest BCUT2D eigenvalue weighted by atomic mass is 35.5. The van der Waals surface area contributed by atoms with Gasteiger partial charge in [0.25, 0.3) is 5.91 Å². The lowest BCUT2D eigenvalue weighted by Gasteiger charge is -2.21. The number of Topliss-reactive ketones (excluding diaryl/α,β-unsaturated/α-hetero) is 1. The van der Waals surface area contributed by atoms with Crippen molar-refractivity contribution in [3.63, 3.8) is 0 Å². The molecule has 2 aromatic rings. The van der Waals surface area contributed by atoms with E-state index in [2.05, 4.69) is 19.2 Å². The molecule has 2 aromatic carbocycles. The summed E-state index contributed by atoms with van der Waals surface area (Å²) in [5.74, 6) is -0.705. The minimum absolute atomic E-state index is 0.152. The van der Waals surface area contributed by atoms with E-state index in [1.807, 2.05) is 12.1 Å². The second-order valence-corrected chi connectivity index (χ2v) is 7.28. The number of ketones is 1. The Morgan fingerprint density at radius 2 is 1.72 bits per heavy atom. The van der Waals surface area contributed by atoms with E-state index in [-0.39, 0.29) is 27.1 Å². The average molecular weight is 378 g/mol. The second-order valence-electron chi connectivity index (χ2n) is 6.47. The summed E-state index contributed by atoms with van der Waals surface area (Å²) >= 11 is 12.2. The predicted octanol–water partition coefficient (Wildman–Crippen LogP) is 4.53. The quantitative estimate of drug-likeness (QED) is 0.769. The number of hydrogen-bond donors (Lipinski definition) is 2. The number of rotatable bonds is 4. The van der Waals surface area contributed by atoms with Crippen LogP contribution in [0.15, 0.2) is 36.4 Å². The van der Waals surface area contributed by atoms with E-state index in [1.54, 1.807) is 12.1 Å². The summed E-state index contributed by atoms with van der Waals surface area (Å²) in [5, 5.41) is 13.9. The lowest BCUT2D eigenvalue weighted by atomic mass is 9.87. The predicted molar refractivity (Wildman–Crippen MR) is 98.5 cm³/mol. The van der Waals surface area contributed by atoms with E-state index in [0.29, 0.717) is 11.5 Å². The molecule has 1 unspecified atom stereocenters. The van der Waals surface area contributed by atoms with Crippen LogP contribution in [-0.2, 0) is 10.4 Å². The number of fused-ring (bicyclic) bond motifs is 1. The standard InChI is InChI=1S/C19H17Cl2NO3/c1-10(2)11-3-5-12(6-4-11)15(23)9-19(25)16-13(20)7-8-14(21)17(16)22-18(19)24/h3-8,10,25H,9H2,1-2H3,(H,22,24). The molecule has 0 radical (unpaired) electrons. The van der Waals surface area contributed by atoms with Crippen LogP contribution in [-0.4, -0.2) is 16.8 Å². The third kappa shape index (κ3) is 3.06. The normalized spacial score (nSPS) is 19.0. The summed E-state index contributed by atoms with van der Waals surface area (Å²) in [7, 11) is 0. The maximum absolute atomic E-state index is 12.6. The van der Waals surface area contributed by atoms with Gasteiger partial charge in [-0.1, -0.05) is 61.3 Å². The average Bonchev–Trinajstić information content (AvgIpc) is 2.83. The number of halogens is 2.